The number of benzene rings is 2. The second kappa shape index (κ2) is 8.44. The van der Waals surface area contributed by atoms with Crippen LogP contribution in [0.3, 0.4) is 0 Å². The first-order chi connectivity index (χ1) is 15.0. The zero-order valence-electron chi connectivity index (χ0n) is 17.7. The maximum absolute atomic E-state index is 13.4. The predicted octanol–water partition coefficient (Wildman–Crippen LogP) is 4.10. The fourth-order valence-corrected chi connectivity index (χ4v) is 3.62. The van der Waals surface area contributed by atoms with Gasteiger partial charge in [-0.15, -0.1) is 0 Å². The number of hydrogen-bond acceptors (Lipinski definition) is 5. The molecule has 2 aromatic carbocycles. The molecule has 0 aliphatic carbocycles. The second-order valence-electron chi connectivity index (χ2n) is 7.48. The molecule has 156 valence electrons. The first-order valence-corrected chi connectivity index (χ1v) is 9.96. The Balaban J connectivity index is 1.76. The maximum Gasteiger partial charge on any atom is 0.278 e. The van der Waals surface area contributed by atoms with Crippen molar-refractivity contribution in [3.63, 3.8) is 0 Å². The third-order valence-corrected chi connectivity index (χ3v) is 5.25. The third-order valence-electron chi connectivity index (χ3n) is 5.25. The maximum atomic E-state index is 13.4. The van der Waals surface area contributed by atoms with Crippen LogP contribution in [0.2, 0.25) is 0 Å². The van der Waals surface area contributed by atoms with Crippen molar-refractivity contribution in [2.24, 2.45) is 0 Å². The van der Waals surface area contributed by atoms with Crippen molar-refractivity contribution >= 4 is 23.1 Å². The summed E-state index contributed by atoms with van der Waals surface area (Å²) in [6.45, 7) is 4.14. The normalized spacial score (nSPS) is 13.7. The quantitative estimate of drug-likeness (QED) is 0.616. The minimum absolute atomic E-state index is 0.156. The number of ether oxygens (including phenoxy) is 1. The average Bonchev–Trinajstić information content (AvgIpc) is 3.00. The van der Waals surface area contributed by atoms with E-state index < -0.39 is 0 Å². The van der Waals surface area contributed by atoms with E-state index in [0.717, 1.165) is 22.4 Å². The van der Waals surface area contributed by atoms with E-state index in [9.17, 15) is 9.59 Å². The van der Waals surface area contributed by atoms with Crippen LogP contribution < -0.4 is 10.1 Å². The highest BCUT2D eigenvalue weighted by Crippen LogP contribution is 2.33. The molecule has 3 aromatic rings. The fraction of sp³-hybridized carbons (Fsp3) is 0.160. The summed E-state index contributed by atoms with van der Waals surface area (Å²) in [6.07, 6.45) is 3.31. The van der Waals surface area contributed by atoms with E-state index in [4.69, 9.17) is 4.74 Å². The smallest absolute Gasteiger partial charge is 0.278 e. The van der Waals surface area contributed by atoms with Gasteiger partial charge in [0.1, 0.15) is 11.4 Å². The summed E-state index contributed by atoms with van der Waals surface area (Å²) in [6, 6.07) is 16.7. The minimum atomic E-state index is -0.361. The van der Waals surface area contributed by atoms with Gasteiger partial charge in [-0.1, -0.05) is 35.9 Å². The van der Waals surface area contributed by atoms with Crippen molar-refractivity contribution in [2.75, 3.05) is 12.4 Å². The van der Waals surface area contributed by atoms with Crippen molar-refractivity contribution in [1.29, 1.82) is 0 Å². The molecule has 0 radical (unpaired) electrons. The van der Waals surface area contributed by atoms with E-state index in [0.29, 0.717) is 16.9 Å². The molecule has 0 spiro atoms. The van der Waals surface area contributed by atoms with E-state index in [-0.39, 0.29) is 24.1 Å². The summed E-state index contributed by atoms with van der Waals surface area (Å²) < 4.78 is 5.23. The van der Waals surface area contributed by atoms with E-state index in [1.807, 2.05) is 38.1 Å². The molecule has 0 saturated heterocycles. The summed E-state index contributed by atoms with van der Waals surface area (Å²) in [5.41, 5.74) is 4.96. The van der Waals surface area contributed by atoms with Gasteiger partial charge in [-0.3, -0.25) is 19.5 Å². The lowest BCUT2D eigenvalue weighted by Gasteiger charge is -2.15. The lowest BCUT2D eigenvalue weighted by Crippen LogP contribution is -2.32. The molecule has 31 heavy (non-hydrogen) atoms. The van der Waals surface area contributed by atoms with Crippen LogP contribution in [0.15, 0.2) is 72.7 Å². The molecule has 2 heterocycles. The van der Waals surface area contributed by atoms with Crippen molar-refractivity contribution in [2.45, 2.75) is 20.4 Å². The van der Waals surface area contributed by atoms with Gasteiger partial charge >= 0.3 is 0 Å². The Labute approximate surface area is 181 Å². The van der Waals surface area contributed by atoms with Crippen LogP contribution in [0.25, 0.3) is 5.57 Å². The van der Waals surface area contributed by atoms with Gasteiger partial charge in [0.15, 0.2) is 0 Å². The molecule has 1 aliphatic heterocycles. The molecule has 6 heteroatoms. The number of imide groups is 1. The van der Waals surface area contributed by atoms with Crippen LogP contribution in [-0.2, 0) is 16.1 Å². The highest BCUT2D eigenvalue weighted by Gasteiger charge is 2.39. The molecule has 0 bridgehead atoms. The van der Waals surface area contributed by atoms with Crippen molar-refractivity contribution in [3.05, 3.63) is 94.9 Å². The number of pyridine rings is 1. The molecule has 1 N–H and O–H groups in total. The highest BCUT2D eigenvalue weighted by atomic mass is 16.5. The van der Waals surface area contributed by atoms with Crippen LogP contribution in [0.1, 0.15) is 22.3 Å². The molecular formula is C25H23N3O3. The predicted molar refractivity (Wildman–Crippen MR) is 119 cm³/mol. The number of carbonyl (C=O) groups excluding carboxylic acids is 2. The molecule has 6 nitrogen and oxygen atoms in total. The topological polar surface area (TPSA) is 71.5 Å². The lowest BCUT2D eigenvalue weighted by molar-refractivity contribution is -0.137. The lowest BCUT2D eigenvalue weighted by atomic mass is 10.0. The fourth-order valence-electron chi connectivity index (χ4n) is 3.62. The Hall–Kier alpha value is -3.93. The van der Waals surface area contributed by atoms with Gasteiger partial charge in [0.25, 0.3) is 11.8 Å². The van der Waals surface area contributed by atoms with Crippen LogP contribution in [0.5, 0.6) is 5.75 Å². The standard InChI is InChI=1S/C25H23N3O3/c1-16-6-11-21(17(2)13-16)27-23-22(19-7-9-20(31-3)10-8-19)24(29)28(25(23)30)15-18-5-4-12-26-14-18/h4-14,27H,15H2,1-3H3. The van der Waals surface area contributed by atoms with Gasteiger partial charge in [0.2, 0.25) is 0 Å². The Kier molecular flexibility index (Phi) is 5.54. The number of anilines is 1. The number of methoxy groups -OCH3 is 1. The number of nitrogens with one attached hydrogen (secondary N) is 1. The van der Waals surface area contributed by atoms with E-state index in [1.54, 1.807) is 49.8 Å². The molecule has 4 rings (SSSR count). The molecular weight excluding hydrogens is 390 g/mol. The van der Waals surface area contributed by atoms with E-state index >= 15 is 0 Å². The minimum Gasteiger partial charge on any atom is -0.497 e. The summed E-state index contributed by atoms with van der Waals surface area (Å²) in [5, 5.41) is 3.23. The zero-order valence-corrected chi connectivity index (χ0v) is 17.7. The SMILES string of the molecule is COc1ccc(C2=C(Nc3ccc(C)cc3C)C(=O)N(Cc3cccnc3)C2=O)cc1. The van der Waals surface area contributed by atoms with E-state index in [1.165, 1.54) is 4.90 Å². The number of rotatable bonds is 6. The molecule has 0 unspecified atom stereocenters. The largest absolute Gasteiger partial charge is 0.497 e. The van der Waals surface area contributed by atoms with Gasteiger partial charge in [0, 0.05) is 18.1 Å². The third kappa shape index (κ3) is 4.05. The number of nitrogens with zero attached hydrogens (tertiary/aromatic N) is 2. The second-order valence-corrected chi connectivity index (χ2v) is 7.48. The Bertz CT molecular complexity index is 1170. The van der Waals surface area contributed by atoms with Crippen LogP contribution in [0, 0.1) is 13.8 Å². The van der Waals surface area contributed by atoms with Crippen molar-refractivity contribution in [1.82, 2.24) is 9.88 Å². The molecule has 1 aliphatic rings. The van der Waals surface area contributed by atoms with Crippen LogP contribution >= 0.6 is 0 Å². The highest BCUT2D eigenvalue weighted by molar-refractivity contribution is 6.36. The number of amides is 2. The number of hydrogen-bond donors (Lipinski definition) is 1. The van der Waals surface area contributed by atoms with Gasteiger partial charge < -0.3 is 10.1 Å². The number of aromatic nitrogens is 1. The van der Waals surface area contributed by atoms with Crippen molar-refractivity contribution < 1.29 is 14.3 Å². The van der Waals surface area contributed by atoms with E-state index in [2.05, 4.69) is 10.3 Å². The Morgan fingerprint density at radius 1 is 1.00 bits per heavy atom. The van der Waals surface area contributed by atoms with Gasteiger partial charge in [-0.25, -0.2) is 0 Å². The Morgan fingerprint density at radius 3 is 2.42 bits per heavy atom. The molecule has 1 aromatic heterocycles. The summed E-state index contributed by atoms with van der Waals surface area (Å²) in [4.78, 5) is 32.1. The molecule has 0 fully saturated rings. The van der Waals surface area contributed by atoms with Crippen molar-refractivity contribution in [3.8, 4) is 5.75 Å². The summed E-state index contributed by atoms with van der Waals surface area (Å²) in [5.74, 6) is -0.0249. The first-order valence-electron chi connectivity index (χ1n) is 9.96. The van der Waals surface area contributed by atoms with Gasteiger partial charge in [0.05, 0.1) is 19.2 Å². The Morgan fingerprint density at radius 2 is 1.77 bits per heavy atom. The van der Waals surface area contributed by atoms with Crippen LogP contribution in [-0.4, -0.2) is 28.8 Å². The van der Waals surface area contributed by atoms with Gasteiger partial charge in [-0.2, -0.15) is 0 Å². The number of carbonyl (C=O) groups is 2. The molecule has 2 amide bonds. The summed E-state index contributed by atoms with van der Waals surface area (Å²) in [7, 11) is 1.58. The number of aryl methyl sites for hydroxylation is 2. The van der Waals surface area contributed by atoms with Gasteiger partial charge in [-0.05, 0) is 54.8 Å². The van der Waals surface area contributed by atoms with Crippen LogP contribution in [0.4, 0.5) is 5.69 Å². The monoisotopic (exact) mass is 413 g/mol. The molecule has 0 saturated carbocycles. The average molecular weight is 413 g/mol. The first kappa shape index (κ1) is 20.3. The summed E-state index contributed by atoms with van der Waals surface area (Å²) >= 11 is 0. The zero-order chi connectivity index (χ0) is 22.0. The molecule has 0 atom stereocenters.